The molecule has 2 aromatic carbocycles. The Kier molecular flexibility index (Phi) is 3.65. The van der Waals surface area contributed by atoms with E-state index in [1.54, 1.807) is 23.1 Å². The third kappa shape index (κ3) is 2.71. The summed E-state index contributed by atoms with van der Waals surface area (Å²) >= 11 is 6.98. The van der Waals surface area contributed by atoms with E-state index in [4.69, 9.17) is 0 Å². The summed E-state index contributed by atoms with van der Waals surface area (Å²) in [4.78, 5) is 1.06. The van der Waals surface area contributed by atoms with E-state index in [2.05, 4.69) is 41.1 Å². The van der Waals surface area contributed by atoms with Gasteiger partial charge in [0.15, 0.2) is 0 Å². The Bertz CT molecular complexity index is 732. The van der Waals surface area contributed by atoms with Crippen LogP contribution in [0.15, 0.2) is 56.0 Å². The van der Waals surface area contributed by atoms with Crippen molar-refractivity contribution >= 4 is 49.1 Å². The van der Waals surface area contributed by atoms with Crippen LogP contribution in [0.4, 0.5) is 4.39 Å². The average molecular weight is 353 g/mol. The minimum atomic E-state index is -0.193. The molecule has 0 spiro atoms. The van der Waals surface area contributed by atoms with Crippen LogP contribution in [0, 0.1) is 12.7 Å². The molecule has 0 radical (unpaired) electrons. The second-order valence-electron chi connectivity index (χ2n) is 4.21. The highest BCUT2D eigenvalue weighted by molar-refractivity contribution is 9.10. The third-order valence-electron chi connectivity index (χ3n) is 2.88. The van der Waals surface area contributed by atoms with Crippen molar-refractivity contribution in [3.63, 3.8) is 0 Å². The highest BCUT2D eigenvalue weighted by atomic mass is 79.9. The molecular formula is C15H10BrFS2. The quantitative estimate of drug-likeness (QED) is 0.524. The number of benzene rings is 2. The first-order chi connectivity index (χ1) is 9.13. The Morgan fingerprint density at radius 1 is 1.11 bits per heavy atom. The highest BCUT2D eigenvalue weighted by Crippen LogP contribution is 2.41. The highest BCUT2D eigenvalue weighted by Gasteiger charge is 2.10. The van der Waals surface area contributed by atoms with Crippen molar-refractivity contribution in [3.8, 4) is 0 Å². The first-order valence-corrected chi connectivity index (χ1v) is 8.18. The number of thiophene rings is 1. The number of hydrogen-bond donors (Lipinski definition) is 0. The summed E-state index contributed by atoms with van der Waals surface area (Å²) in [5.74, 6) is -0.193. The normalized spacial score (nSPS) is 11.1. The van der Waals surface area contributed by atoms with Gasteiger partial charge >= 0.3 is 0 Å². The minimum absolute atomic E-state index is 0.193. The van der Waals surface area contributed by atoms with Crippen LogP contribution in [0.2, 0.25) is 0 Å². The van der Waals surface area contributed by atoms with Crippen molar-refractivity contribution in [3.05, 3.63) is 58.3 Å². The van der Waals surface area contributed by atoms with E-state index in [-0.39, 0.29) is 5.82 Å². The average Bonchev–Trinajstić information content (AvgIpc) is 2.70. The number of rotatable bonds is 2. The van der Waals surface area contributed by atoms with Gasteiger partial charge in [0.2, 0.25) is 0 Å². The van der Waals surface area contributed by atoms with Crippen LogP contribution >= 0.6 is 39.0 Å². The third-order valence-corrected chi connectivity index (χ3v) is 5.94. The summed E-state index contributed by atoms with van der Waals surface area (Å²) in [6.45, 7) is 2.14. The second-order valence-corrected chi connectivity index (χ2v) is 7.52. The molecule has 1 aromatic heterocycles. The predicted octanol–water partition coefficient (Wildman–Crippen LogP) is 6.26. The number of fused-ring (bicyclic) bond motifs is 1. The Morgan fingerprint density at radius 3 is 2.58 bits per heavy atom. The van der Waals surface area contributed by atoms with Crippen molar-refractivity contribution in [1.82, 2.24) is 0 Å². The smallest absolute Gasteiger partial charge is 0.123 e. The summed E-state index contributed by atoms with van der Waals surface area (Å²) in [5.41, 5.74) is 1.29. The number of halogens is 2. The summed E-state index contributed by atoms with van der Waals surface area (Å²) in [6, 6.07) is 13.0. The molecule has 0 saturated heterocycles. The van der Waals surface area contributed by atoms with Crippen molar-refractivity contribution in [2.24, 2.45) is 0 Å². The van der Waals surface area contributed by atoms with E-state index in [0.29, 0.717) is 0 Å². The monoisotopic (exact) mass is 352 g/mol. The van der Waals surface area contributed by atoms with Gasteiger partial charge in [0, 0.05) is 14.1 Å². The molecule has 0 aliphatic carbocycles. The van der Waals surface area contributed by atoms with Crippen LogP contribution < -0.4 is 0 Å². The van der Waals surface area contributed by atoms with Gasteiger partial charge < -0.3 is 0 Å². The number of hydrogen-bond acceptors (Lipinski definition) is 2. The van der Waals surface area contributed by atoms with Gasteiger partial charge in [-0.3, -0.25) is 0 Å². The second kappa shape index (κ2) is 5.27. The van der Waals surface area contributed by atoms with Gasteiger partial charge in [-0.15, -0.1) is 11.3 Å². The van der Waals surface area contributed by atoms with Crippen molar-refractivity contribution in [2.45, 2.75) is 16.0 Å². The zero-order chi connectivity index (χ0) is 13.4. The van der Waals surface area contributed by atoms with E-state index in [0.717, 1.165) is 9.37 Å². The van der Waals surface area contributed by atoms with Crippen LogP contribution in [0.1, 0.15) is 5.56 Å². The zero-order valence-corrected chi connectivity index (χ0v) is 13.3. The first kappa shape index (κ1) is 13.2. The lowest BCUT2D eigenvalue weighted by atomic mass is 10.2. The Balaban J connectivity index is 2.01. The summed E-state index contributed by atoms with van der Waals surface area (Å²) in [7, 11) is 0. The van der Waals surface area contributed by atoms with Crippen LogP contribution in [0.25, 0.3) is 10.1 Å². The minimum Gasteiger partial charge on any atom is -0.207 e. The lowest BCUT2D eigenvalue weighted by Gasteiger charge is -2.00. The van der Waals surface area contributed by atoms with Crippen molar-refractivity contribution in [1.29, 1.82) is 0 Å². The lowest BCUT2D eigenvalue weighted by Crippen LogP contribution is -1.75. The van der Waals surface area contributed by atoms with Gasteiger partial charge in [0.1, 0.15) is 5.82 Å². The molecule has 0 saturated carbocycles. The molecule has 0 fully saturated rings. The Hall–Kier alpha value is -0.840. The summed E-state index contributed by atoms with van der Waals surface area (Å²) < 4.78 is 16.5. The van der Waals surface area contributed by atoms with E-state index in [1.165, 1.54) is 32.0 Å². The number of aryl methyl sites for hydroxylation is 1. The van der Waals surface area contributed by atoms with Gasteiger partial charge in [-0.1, -0.05) is 27.7 Å². The van der Waals surface area contributed by atoms with Crippen molar-refractivity contribution < 1.29 is 4.39 Å². The topological polar surface area (TPSA) is 0 Å². The zero-order valence-electron chi connectivity index (χ0n) is 10.1. The molecule has 0 N–H and O–H groups in total. The van der Waals surface area contributed by atoms with E-state index < -0.39 is 0 Å². The van der Waals surface area contributed by atoms with Crippen LogP contribution in [0.5, 0.6) is 0 Å². The maximum Gasteiger partial charge on any atom is 0.123 e. The Labute approximate surface area is 127 Å². The Morgan fingerprint density at radius 2 is 1.84 bits per heavy atom. The fourth-order valence-corrected chi connectivity index (χ4v) is 4.63. The molecule has 0 unspecified atom stereocenters. The van der Waals surface area contributed by atoms with Gasteiger partial charge in [-0.25, -0.2) is 4.39 Å². The van der Waals surface area contributed by atoms with E-state index in [1.807, 2.05) is 12.1 Å². The predicted molar refractivity (Wildman–Crippen MR) is 84.8 cm³/mol. The first-order valence-electron chi connectivity index (χ1n) is 5.75. The molecule has 0 nitrogen and oxygen atoms in total. The van der Waals surface area contributed by atoms with Crippen molar-refractivity contribution in [2.75, 3.05) is 0 Å². The lowest BCUT2D eigenvalue weighted by molar-refractivity contribution is 0.626. The molecule has 19 heavy (non-hydrogen) atoms. The molecule has 4 heteroatoms. The molecule has 0 atom stereocenters. The summed E-state index contributed by atoms with van der Waals surface area (Å²) in [6.07, 6.45) is 0. The van der Waals surface area contributed by atoms with Crippen LogP contribution in [-0.4, -0.2) is 0 Å². The van der Waals surface area contributed by atoms with Gasteiger partial charge in [0.25, 0.3) is 0 Å². The van der Waals surface area contributed by atoms with Gasteiger partial charge in [0.05, 0.1) is 4.21 Å². The maximum atomic E-state index is 12.9. The molecule has 96 valence electrons. The molecule has 0 aliphatic rings. The largest absolute Gasteiger partial charge is 0.207 e. The summed E-state index contributed by atoms with van der Waals surface area (Å²) in [5, 5.41) is 1.28. The van der Waals surface area contributed by atoms with Gasteiger partial charge in [-0.05, 0) is 60.3 Å². The fourth-order valence-electron chi connectivity index (χ4n) is 1.88. The molecule has 0 aliphatic heterocycles. The van der Waals surface area contributed by atoms with Crippen LogP contribution in [0.3, 0.4) is 0 Å². The SMILES string of the molecule is Cc1c(Sc2ccc(F)cc2)sc2ccc(Br)cc12. The van der Waals surface area contributed by atoms with E-state index >= 15 is 0 Å². The standard InChI is InChI=1S/C15H10BrFS2/c1-9-13-8-10(16)2-7-14(13)19-15(9)18-12-5-3-11(17)4-6-12/h2-8H,1H3. The van der Waals surface area contributed by atoms with E-state index in [9.17, 15) is 4.39 Å². The fraction of sp³-hybridized carbons (Fsp3) is 0.0667. The molecule has 0 bridgehead atoms. The molecule has 0 amide bonds. The molecule has 3 rings (SSSR count). The maximum absolute atomic E-state index is 12.9. The molecule has 1 heterocycles. The molecule has 3 aromatic rings. The molecular weight excluding hydrogens is 343 g/mol. The van der Waals surface area contributed by atoms with Crippen LogP contribution in [-0.2, 0) is 0 Å². The van der Waals surface area contributed by atoms with Gasteiger partial charge in [-0.2, -0.15) is 0 Å².